The van der Waals surface area contributed by atoms with Gasteiger partial charge < -0.3 is 9.47 Å². The molecule has 0 saturated carbocycles. The van der Waals surface area contributed by atoms with Gasteiger partial charge in [-0.25, -0.2) is 0 Å². The number of unbranched alkanes of at least 4 members (excludes halogenated alkanes) is 2. The average Bonchev–Trinajstić information content (AvgIpc) is 2.60. The number of aryl methyl sites for hydroxylation is 1. The molecular weight excluding hydrogens is 284 g/mol. The fourth-order valence-corrected chi connectivity index (χ4v) is 2.97. The zero-order valence-corrected chi connectivity index (χ0v) is 15.0. The largest absolute Gasteiger partial charge is 0.381 e. The summed E-state index contributed by atoms with van der Waals surface area (Å²) in [6.07, 6.45) is 13.1. The molecule has 0 radical (unpaired) electrons. The number of allylic oxidation sites excluding steroid dienone is 1. The SMILES string of the molecule is C=CCCCCC(CCCC(CCc1ccccc1)OC)OC. The van der Waals surface area contributed by atoms with Gasteiger partial charge in [-0.2, -0.15) is 0 Å². The first-order chi connectivity index (χ1) is 11.3. The molecule has 0 aliphatic rings. The number of benzene rings is 1. The van der Waals surface area contributed by atoms with Crippen LogP contribution in [0, 0.1) is 0 Å². The van der Waals surface area contributed by atoms with Gasteiger partial charge in [0.25, 0.3) is 0 Å². The van der Waals surface area contributed by atoms with Gasteiger partial charge in [-0.15, -0.1) is 6.58 Å². The van der Waals surface area contributed by atoms with Crippen molar-refractivity contribution in [2.75, 3.05) is 14.2 Å². The maximum atomic E-state index is 5.65. The van der Waals surface area contributed by atoms with Gasteiger partial charge in [0.2, 0.25) is 0 Å². The number of hydrogen-bond donors (Lipinski definition) is 0. The highest BCUT2D eigenvalue weighted by Crippen LogP contribution is 2.17. The summed E-state index contributed by atoms with van der Waals surface area (Å²) in [5.41, 5.74) is 1.39. The van der Waals surface area contributed by atoms with E-state index in [0.29, 0.717) is 12.2 Å². The van der Waals surface area contributed by atoms with Gasteiger partial charge in [-0.05, 0) is 56.9 Å². The lowest BCUT2D eigenvalue weighted by molar-refractivity contribution is 0.0635. The topological polar surface area (TPSA) is 18.5 Å². The van der Waals surface area contributed by atoms with Gasteiger partial charge in [0, 0.05) is 14.2 Å². The van der Waals surface area contributed by atoms with Crippen LogP contribution in [0.3, 0.4) is 0 Å². The van der Waals surface area contributed by atoms with E-state index >= 15 is 0 Å². The molecule has 130 valence electrons. The van der Waals surface area contributed by atoms with Crippen molar-refractivity contribution < 1.29 is 9.47 Å². The third kappa shape index (κ3) is 9.58. The summed E-state index contributed by atoms with van der Waals surface area (Å²) in [6.45, 7) is 3.77. The van der Waals surface area contributed by atoms with Crippen molar-refractivity contribution in [2.45, 2.75) is 70.0 Å². The highest BCUT2D eigenvalue weighted by atomic mass is 16.5. The summed E-state index contributed by atoms with van der Waals surface area (Å²) in [5, 5.41) is 0. The molecule has 2 heteroatoms. The molecule has 23 heavy (non-hydrogen) atoms. The van der Waals surface area contributed by atoms with Crippen LogP contribution < -0.4 is 0 Å². The predicted molar refractivity (Wildman–Crippen MR) is 98.9 cm³/mol. The van der Waals surface area contributed by atoms with Crippen LogP contribution in [0.25, 0.3) is 0 Å². The molecule has 1 aromatic carbocycles. The Hall–Kier alpha value is -1.12. The highest BCUT2D eigenvalue weighted by molar-refractivity contribution is 5.14. The minimum absolute atomic E-state index is 0.355. The quantitative estimate of drug-likeness (QED) is 0.330. The molecule has 0 aromatic heterocycles. The average molecular weight is 319 g/mol. The summed E-state index contributed by atoms with van der Waals surface area (Å²) in [5.74, 6) is 0. The van der Waals surface area contributed by atoms with Crippen molar-refractivity contribution in [3.05, 3.63) is 48.6 Å². The van der Waals surface area contributed by atoms with E-state index in [0.717, 1.165) is 38.5 Å². The van der Waals surface area contributed by atoms with Crippen LogP contribution in [0.1, 0.15) is 56.9 Å². The Morgan fingerprint density at radius 3 is 2.09 bits per heavy atom. The van der Waals surface area contributed by atoms with E-state index in [4.69, 9.17) is 9.47 Å². The van der Waals surface area contributed by atoms with Gasteiger partial charge in [0.15, 0.2) is 0 Å². The van der Waals surface area contributed by atoms with Crippen molar-refractivity contribution >= 4 is 0 Å². The Morgan fingerprint density at radius 2 is 1.48 bits per heavy atom. The minimum atomic E-state index is 0.355. The van der Waals surface area contributed by atoms with E-state index < -0.39 is 0 Å². The maximum Gasteiger partial charge on any atom is 0.0574 e. The first-order valence-electron chi connectivity index (χ1n) is 9.00. The zero-order chi connectivity index (χ0) is 16.8. The fourth-order valence-electron chi connectivity index (χ4n) is 2.97. The lowest BCUT2D eigenvalue weighted by Crippen LogP contribution is -2.15. The van der Waals surface area contributed by atoms with E-state index in [1.807, 2.05) is 20.3 Å². The molecule has 0 saturated heterocycles. The van der Waals surface area contributed by atoms with E-state index in [1.165, 1.54) is 24.8 Å². The van der Waals surface area contributed by atoms with Gasteiger partial charge in [-0.3, -0.25) is 0 Å². The van der Waals surface area contributed by atoms with Crippen LogP contribution in [0.4, 0.5) is 0 Å². The molecule has 2 atom stereocenters. The number of rotatable bonds is 14. The molecule has 0 amide bonds. The second-order valence-corrected chi connectivity index (χ2v) is 6.24. The van der Waals surface area contributed by atoms with Gasteiger partial charge >= 0.3 is 0 Å². The Kier molecular flexibility index (Phi) is 11.5. The second kappa shape index (κ2) is 13.3. The van der Waals surface area contributed by atoms with Gasteiger partial charge in [0.1, 0.15) is 0 Å². The van der Waals surface area contributed by atoms with Crippen molar-refractivity contribution in [1.82, 2.24) is 0 Å². The molecule has 2 unspecified atom stereocenters. The van der Waals surface area contributed by atoms with Crippen LogP contribution in [-0.2, 0) is 15.9 Å². The molecule has 1 rings (SSSR count). The Bertz CT molecular complexity index is 388. The lowest BCUT2D eigenvalue weighted by Gasteiger charge is -2.18. The smallest absolute Gasteiger partial charge is 0.0574 e. The molecule has 1 aromatic rings. The number of ether oxygens (including phenoxy) is 2. The first-order valence-corrected chi connectivity index (χ1v) is 9.00. The number of methoxy groups -OCH3 is 2. The Balaban J connectivity index is 2.18. The fraction of sp³-hybridized carbons (Fsp3) is 0.619. The van der Waals surface area contributed by atoms with Gasteiger partial charge in [-0.1, -0.05) is 42.8 Å². The summed E-state index contributed by atoms with van der Waals surface area (Å²) in [4.78, 5) is 0. The van der Waals surface area contributed by atoms with Crippen molar-refractivity contribution in [3.63, 3.8) is 0 Å². The summed E-state index contributed by atoms with van der Waals surface area (Å²) in [6, 6.07) is 10.7. The summed E-state index contributed by atoms with van der Waals surface area (Å²) < 4.78 is 11.3. The van der Waals surface area contributed by atoms with E-state index in [-0.39, 0.29) is 0 Å². The molecule has 0 aliphatic carbocycles. The standard InChI is InChI=1S/C21H34O2/c1-4-5-6-10-14-20(22-2)15-11-16-21(23-3)18-17-19-12-8-7-9-13-19/h4,7-9,12-13,20-21H,1,5-6,10-11,14-18H2,2-3H3. The summed E-state index contributed by atoms with van der Waals surface area (Å²) in [7, 11) is 3.67. The van der Waals surface area contributed by atoms with Crippen molar-refractivity contribution in [3.8, 4) is 0 Å². The zero-order valence-electron chi connectivity index (χ0n) is 15.0. The molecule has 0 aliphatic heterocycles. The van der Waals surface area contributed by atoms with Crippen LogP contribution in [-0.4, -0.2) is 26.4 Å². The van der Waals surface area contributed by atoms with Crippen molar-refractivity contribution in [2.24, 2.45) is 0 Å². The van der Waals surface area contributed by atoms with Crippen LogP contribution in [0.5, 0.6) is 0 Å². The third-order valence-corrected chi connectivity index (χ3v) is 4.50. The van der Waals surface area contributed by atoms with Crippen LogP contribution in [0.15, 0.2) is 43.0 Å². The lowest BCUT2D eigenvalue weighted by atomic mass is 10.00. The molecule has 0 heterocycles. The summed E-state index contributed by atoms with van der Waals surface area (Å²) >= 11 is 0. The Morgan fingerprint density at radius 1 is 0.870 bits per heavy atom. The van der Waals surface area contributed by atoms with E-state index in [9.17, 15) is 0 Å². The number of hydrogen-bond acceptors (Lipinski definition) is 2. The molecule has 0 bridgehead atoms. The van der Waals surface area contributed by atoms with Crippen LogP contribution >= 0.6 is 0 Å². The normalized spacial score (nSPS) is 13.7. The second-order valence-electron chi connectivity index (χ2n) is 6.24. The predicted octanol–water partition coefficient (Wildman–Crippen LogP) is 5.57. The molecular formula is C21H34O2. The maximum absolute atomic E-state index is 5.65. The Labute approximate surface area is 142 Å². The van der Waals surface area contributed by atoms with Gasteiger partial charge in [0.05, 0.1) is 12.2 Å². The first kappa shape index (κ1) is 19.9. The van der Waals surface area contributed by atoms with E-state index in [2.05, 4.69) is 36.9 Å². The minimum Gasteiger partial charge on any atom is -0.381 e. The molecule has 2 nitrogen and oxygen atoms in total. The van der Waals surface area contributed by atoms with Crippen LogP contribution in [0.2, 0.25) is 0 Å². The molecule has 0 fully saturated rings. The van der Waals surface area contributed by atoms with Crippen molar-refractivity contribution in [1.29, 1.82) is 0 Å². The third-order valence-electron chi connectivity index (χ3n) is 4.50. The monoisotopic (exact) mass is 318 g/mol. The van der Waals surface area contributed by atoms with E-state index in [1.54, 1.807) is 0 Å². The highest BCUT2D eigenvalue weighted by Gasteiger charge is 2.11. The molecule has 0 N–H and O–H groups in total. The molecule has 0 spiro atoms.